The van der Waals surface area contributed by atoms with Crippen molar-refractivity contribution >= 4 is 35.8 Å². The quantitative estimate of drug-likeness (QED) is 0.689. The average molecular weight is 374 g/mol. The van der Waals surface area contributed by atoms with Crippen LogP contribution in [-0.4, -0.2) is 56.3 Å². The molecule has 1 heterocycles. The van der Waals surface area contributed by atoms with Crippen LogP contribution in [0.5, 0.6) is 0 Å². The summed E-state index contributed by atoms with van der Waals surface area (Å²) < 4.78 is 48.9. The van der Waals surface area contributed by atoms with Gasteiger partial charge in [-0.25, -0.2) is 21.1 Å². The summed E-state index contributed by atoms with van der Waals surface area (Å²) in [4.78, 5) is 0.522. The molecule has 2 fully saturated rings. The Balaban J connectivity index is 1.94. The molecule has 19 heavy (non-hydrogen) atoms. The first kappa shape index (κ1) is 15.7. The van der Waals surface area contributed by atoms with Crippen molar-refractivity contribution in [2.75, 3.05) is 25.1 Å². The first-order valence-electron chi connectivity index (χ1n) is 6.50. The van der Waals surface area contributed by atoms with E-state index in [1.165, 1.54) is 4.31 Å². The zero-order valence-corrected chi connectivity index (χ0v) is 14.2. The third-order valence-corrected chi connectivity index (χ3v) is 8.85. The molecule has 0 aromatic heterocycles. The SMILES string of the molecule is CN(CC1CC(Br)C1)S(=O)(=O)C1CCS(=O)(=O)CC1. The average Bonchev–Trinajstić information content (AvgIpc) is 2.26. The van der Waals surface area contributed by atoms with Crippen LogP contribution in [-0.2, 0) is 19.9 Å². The minimum atomic E-state index is -3.35. The van der Waals surface area contributed by atoms with Crippen LogP contribution in [0.4, 0.5) is 0 Å². The van der Waals surface area contributed by atoms with Gasteiger partial charge < -0.3 is 0 Å². The number of sulfone groups is 1. The van der Waals surface area contributed by atoms with Crippen molar-refractivity contribution in [2.24, 2.45) is 5.92 Å². The predicted octanol–water partition coefficient (Wildman–Crippen LogP) is 0.999. The van der Waals surface area contributed by atoms with E-state index in [9.17, 15) is 16.8 Å². The van der Waals surface area contributed by atoms with Gasteiger partial charge in [0.25, 0.3) is 0 Å². The van der Waals surface area contributed by atoms with Gasteiger partial charge in [0.05, 0.1) is 16.8 Å². The molecule has 0 atom stereocenters. The summed E-state index contributed by atoms with van der Waals surface area (Å²) in [5.41, 5.74) is 0. The zero-order chi connectivity index (χ0) is 14.3. The van der Waals surface area contributed by atoms with Crippen LogP contribution in [0.3, 0.4) is 0 Å². The van der Waals surface area contributed by atoms with Gasteiger partial charge in [0.15, 0.2) is 0 Å². The van der Waals surface area contributed by atoms with Crippen molar-refractivity contribution < 1.29 is 16.8 Å². The van der Waals surface area contributed by atoms with Crippen molar-refractivity contribution in [1.29, 1.82) is 0 Å². The lowest BCUT2D eigenvalue weighted by Gasteiger charge is -2.35. The molecule has 112 valence electrons. The molecule has 0 bridgehead atoms. The lowest BCUT2D eigenvalue weighted by molar-refractivity contribution is 0.273. The first-order valence-corrected chi connectivity index (χ1v) is 10.7. The summed E-state index contributed by atoms with van der Waals surface area (Å²) in [7, 11) is -4.75. The molecule has 1 aliphatic carbocycles. The highest BCUT2D eigenvalue weighted by molar-refractivity contribution is 9.09. The van der Waals surface area contributed by atoms with Gasteiger partial charge >= 0.3 is 0 Å². The minimum Gasteiger partial charge on any atom is -0.229 e. The summed E-state index contributed by atoms with van der Waals surface area (Å²) in [5.74, 6) is 0.423. The highest BCUT2D eigenvalue weighted by Gasteiger charge is 2.37. The maximum atomic E-state index is 12.4. The Morgan fingerprint density at radius 2 is 1.74 bits per heavy atom. The number of nitrogens with zero attached hydrogens (tertiary/aromatic N) is 1. The molecule has 1 saturated heterocycles. The van der Waals surface area contributed by atoms with Crippen LogP contribution >= 0.6 is 15.9 Å². The number of rotatable bonds is 4. The number of sulfonamides is 1. The third kappa shape index (κ3) is 3.71. The molecule has 1 saturated carbocycles. The van der Waals surface area contributed by atoms with E-state index < -0.39 is 25.1 Å². The highest BCUT2D eigenvalue weighted by Crippen LogP contribution is 2.34. The lowest BCUT2D eigenvalue weighted by Crippen LogP contribution is -2.44. The Hall–Kier alpha value is 0.340. The van der Waals surface area contributed by atoms with Gasteiger partial charge in [-0.2, -0.15) is 0 Å². The van der Waals surface area contributed by atoms with Gasteiger partial charge in [-0.1, -0.05) is 15.9 Å². The maximum absolute atomic E-state index is 12.4. The van der Waals surface area contributed by atoms with Crippen molar-refractivity contribution in [3.63, 3.8) is 0 Å². The third-order valence-electron chi connectivity index (χ3n) is 4.05. The molecule has 0 N–H and O–H groups in total. The van der Waals surface area contributed by atoms with Crippen LogP contribution in [0.1, 0.15) is 25.7 Å². The van der Waals surface area contributed by atoms with Gasteiger partial charge in [0.1, 0.15) is 9.84 Å². The Labute approximate surface area is 123 Å². The monoisotopic (exact) mass is 373 g/mol. The van der Waals surface area contributed by atoms with E-state index in [1.807, 2.05) is 0 Å². The summed E-state index contributed by atoms with van der Waals surface area (Å²) in [6.07, 6.45) is 2.50. The van der Waals surface area contributed by atoms with Gasteiger partial charge in [-0.05, 0) is 31.6 Å². The largest absolute Gasteiger partial charge is 0.229 e. The first-order chi connectivity index (χ1) is 8.71. The van der Waals surface area contributed by atoms with E-state index >= 15 is 0 Å². The number of alkyl halides is 1. The van der Waals surface area contributed by atoms with Gasteiger partial charge in [0, 0.05) is 18.4 Å². The molecule has 1 aliphatic heterocycles. The fraction of sp³-hybridized carbons (Fsp3) is 1.00. The second kappa shape index (κ2) is 5.61. The van der Waals surface area contributed by atoms with Crippen LogP contribution in [0, 0.1) is 5.92 Å². The van der Waals surface area contributed by atoms with E-state index in [1.54, 1.807) is 7.05 Å². The molecule has 0 spiro atoms. The number of hydrogen-bond donors (Lipinski definition) is 0. The molecule has 0 unspecified atom stereocenters. The fourth-order valence-electron chi connectivity index (χ4n) is 2.69. The number of hydrogen-bond acceptors (Lipinski definition) is 4. The predicted molar refractivity (Wildman–Crippen MR) is 78.7 cm³/mol. The lowest BCUT2D eigenvalue weighted by atomic mass is 9.85. The molecule has 0 radical (unpaired) electrons. The van der Waals surface area contributed by atoms with Crippen LogP contribution in [0.2, 0.25) is 0 Å². The standard InChI is InChI=1S/C11H20BrNO4S2/c1-13(8-9-6-10(12)7-9)19(16,17)11-2-4-18(14,15)5-3-11/h9-11H,2-8H2,1H3. The van der Waals surface area contributed by atoms with Crippen LogP contribution < -0.4 is 0 Å². The smallest absolute Gasteiger partial charge is 0.216 e. The zero-order valence-electron chi connectivity index (χ0n) is 11.0. The molecule has 8 heteroatoms. The van der Waals surface area contributed by atoms with Crippen molar-refractivity contribution in [3.8, 4) is 0 Å². The normalized spacial score (nSPS) is 32.2. The molecule has 2 aliphatic rings. The second-order valence-electron chi connectivity index (χ2n) is 5.61. The molecule has 0 aromatic rings. The second-order valence-corrected chi connectivity index (χ2v) is 11.5. The molecular weight excluding hydrogens is 354 g/mol. The molecule has 2 rings (SSSR count). The van der Waals surface area contributed by atoms with Crippen molar-refractivity contribution in [3.05, 3.63) is 0 Å². The summed E-state index contributed by atoms with van der Waals surface area (Å²) in [5, 5.41) is -0.527. The van der Waals surface area contributed by atoms with E-state index in [2.05, 4.69) is 15.9 Å². The molecular formula is C11H20BrNO4S2. The molecule has 0 aromatic carbocycles. The minimum absolute atomic E-state index is 0.00234. The van der Waals surface area contributed by atoms with E-state index in [0.29, 0.717) is 17.3 Å². The Morgan fingerprint density at radius 1 is 1.21 bits per heavy atom. The van der Waals surface area contributed by atoms with Crippen molar-refractivity contribution in [1.82, 2.24) is 4.31 Å². The van der Waals surface area contributed by atoms with Crippen LogP contribution in [0.25, 0.3) is 0 Å². The van der Waals surface area contributed by atoms with E-state index in [0.717, 1.165) is 12.8 Å². The van der Waals surface area contributed by atoms with E-state index in [-0.39, 0.29) is 24.3 Å². The summed E-state index contributed by atoms with van der Waals surface area (Å²) >= 11 is 3.50. The van der Waals surface area contributed by atoms with E-state index in [4.69, 9.17) is 0 Å². The van der Waals surface area contributed by atoms with Crippen molar-refractivity contribution in [2.45, 2.75) is 35.8 Å². The highest BCUT2D eigenvalue weighted by atomic mass is 79.9. The fourth-order valence-corrected chi connectivity index (χ4v) is 7.30. The van der Waals surface area contributed by atoms with Gasteiger partial charge in [-0.3, -0.25) is 0 Å². The molecule has 0 amide bonds. The maximum Gasteiger partial charge on any atom is 0.216 e. The Morgan fingerprint density at radius 3 is 2.21 bits per heavy atom. The topological polar surface area (TPSA) is 71.5 Å². The summed E-state index contributed by atoms with van der Waals surface area (Å²) in [6.45, 7) is 0.549. The Bertz CT molecular complexity index is 511. The summed E-state index contributed by atoms with van der Waals surface area (Å²) in [6, 6.07) is 0. The number of halogens is 1. The van der Waals surface area contributed by atoms with Gasteiger partial charge in [-0.15, -0.1) is 0 Å². The molecule has 5 nitrogen and oxygen atoms in total. The van der Waals surface area contributed by atoms with Gasteiger partial charge in [0.2, 0.25) is 10.0 Å². The van der Waals surface area contributed by atoms with Crippen LogP contribution in [0.15, 0.2) is 0 Å². The Kier molecular flexibility index (Phi) is 4.65.